The Balaban J connectivity index is 1.43. The van der Waals surface area contributed by atoms with Crippen molar-refractivity contribution >= 4 is 38.8 Å². The summed E-state index contributed by atoms with van der Waals surface area (Å²) in [6.07, 6.45) is 2.85. The highest BCUT2D eigenvalue weighted by Crippen LogP contribution is 2.37. The maximum absolute atomic E-state index is 12.3. The monoisotopic (exact) mass is 544 g/mol. The number of hydrogen-bond donors (Lipinski definition) is 1. The van der Waals surface area contributed by atoms with Crippen molar-refractivity contribution in [2.45, 2.75) is 33.3 Å². The zero-order valence-electron chi connectivity index (χ0n) is 20.5. The lowest BCUT2D eigenvalue weighted by molar-refractivity contribution is -0.120. The Kier molecular flexibility index (Phi) is 8.74. The van der Waals surface area contributed by atoms with Crippen molar-refractivity contribution in [2.75, 3.05) is 6.61 Å². The van der Waals surface area contributed by atoms with Gasteiger partial charge in [0, 0.05) is 0 Å². The Bertz CT molecular complexity index is 1360. The lowest BCUT2D eigenvalue weighted by atomic mass is 10.1. The number of hydrazone groups is 1. The van der Waals surface area contributed by atoms with Gasteiger partial charge in [-0.05, 0) is 74.4 Å². The van der Waals surface area contributed by atoms with Crippen molar-refractivity contribution in [3.63, 3.8) is 0 Å². The van der Waals surface area contributed by atoms with E-state index in [1.807, 2.05) is 61.5 Å². The van der Waals surface area contributed by atoms with E-state index >= 15 is 0 Å². The highest BCUT2D eigenvalue weighted by atomic mass is 79.9. The molecule has 1 amide bonds. The minimum absolute atomic E-state index is 0.172. The van der Waals surface area contributed by atoms with Gasteiger partial charge < -0.3 is 9.47 Å². The van der Waals surface area contributed by atoms with Crippen molar-refractivity contribution in [3.05, 3.63) is 106 Å². The van der Waals surface area contributed by atoms with Crippen LogP contribution >= 0.6 is 15.9 Å². The number of fused-ring (bicyclic) bond motifs is 1. The van der Waals surface area contributed by atoms with E-state index in [1.54, 1.807) is 6.21 Å². The molecule has 0 aliphatic rings. The second-order valence-corrected chi connectivity index (χ2v) is 9.18. The molecule has 6 heteroatoms. The van der Waals surface area contributed by atoms with E-state index in [-0.39, 0.29) is 12.3 Å². The van der Waals surface area contributed by atoms with Crippen molar-refractivity contribution in [3.8, 4) is 11.5 Å². The lowest BCUT2D eigenvalue weighted by Crippen LogP contribution is -2.19. The Morgan fingerprint density at radius 3 is 2.47 bits per heavy atom. The molecule has 0 heterocycles. The number of nitrogens with one attached hydrogen (secondary N) is 1. The van der Waals surface area contributed by atoms with Crippen molar-refractivity contribution in [2.24, 2.45) is 5.10 Å². The molecule has 0 bridgehead atoms. The molecule has 4 aromatic rings. The first-order valence-electron chi connectivity index (χ1n) is 12.0. The summed E-state index contributed by atoms with van der Waals surface area (Å²) in [5.41, 5.74) is 6.67. The van der Waals surface area contributed by atoms with Crippen LogP contribution in [0, 0.1) is 0 Å². The van der Waals surface area contributed by atoms with Crippen LogP contribution in [-0.4, -0.2) is 18.7 Å². The Labute approximate surface area is 220 Å². The first kappa shape index (κ1) is 25.5. The third kappa shape index (κ3) is 6.52. The summed E-state index contributed by atoms with van der Waals surface area (Å²) in [7, 11) is 0. The van der Waals surface area contributed by atoms with E-state index in [0.29, 0.717) is 24.7 Å². The first-order valence-corrected chi connectivity index (χ1v) is 12.8. The molecule has 0 saturated carbocycles. The number of ether oxygens (including phenoxy) is 2. The number of nitrogens with zero attached hydrogens (tertiary/aromatic N) is 1. The number of benzene rings is 4. The fourth-order valence-electron chi connectivity index (χ4n) is 3.93. The zero-order chi connectivity index (χ0) is 25.3. The van der Waals surface area contributed by atoms with E-state index in [9.17, 15) is 4.79 Å². The van der Waals surface area contributed by atoms with Crippen LogP contribution in [0.15, 0.2) is 88.4 Å². The smallest absolute Gasteiger partial charge is 0.244 e. The standard InChI is InChI=1S/C30H29BrN2O3/c1-3-21-12-14-22(15-13-21)18-29(34)33-32-19-23-16-27(31)30(28(17-23)35-4-2)36-20-25-10-7-9-24-8-5-6-11-26(24)25/h5-17,19H,3-4,18,20H2,1-2H3,(H,33,34)/b32-19+. The van der Waals surface area contributed by atoms with E-state index < -0.39 is 0 Å². The summed E-state index contributed by atoms with van der Waals surface area (Å²) >= 11 is 3.61. The van der Waals surface area contributed by atoms with Gasteiger partial charge in [0.2, 0.25) is 5.91 Å². The van der Waals surface area contributed by atoms with Gasteiger partial charge in [0.1, 0.15) is 6.61 Å². The fraction of sp³-hybridized carbons (Fsp3) is 0.200. The summed E-state index contributed by atoms with van der Waals surface area (Å²) in [4.78, 5) is 12.3. The highest BCUT2D eigenvalue weighted by Gasteiger charge is 2.13. The van der Waals surface area contributed by atoms with E-state index in [4.69, 9.17) is 9.47 Å². The summed E-state index contributed by atoms with van der Waals surface area (Å²) in [6.45, 7) is 4.93. The molecule has 36 heavy (non-hydrogen) atoms. The van der Waals surface area contributed by atoms with Gasteiger partial charge in [-0.3, -0.25) is 4.79 Å². The number of hydrogen-bond acceptors (Lipinski definition) is 4. The maximum atomic E-state index is 12.3. The van der Waals surface area contributed by atoms with Crippen LogP contribution in [0.4, 0.5) is 0 Å². The Morgan fingerprint density at radius 1 is 0.944 bits per heavy atom. The second kappa shape index (κ2) is 12.4. The molecule has 4 rings (SSSR count). The van der Waals surface area contributed by atoms with Crippen molar-refractivity contribution < 1.29 is 14.3 Å². The molecule has 0 unspecified atom stereocenters. The maximum Gasteiger partial charge on any atom is 0.244 e. The molecule has 0 saturated heterocycles. The second-order valence-electron chi connectivity index (χ2n) is 8.33. The number of amides is 1. The van der Waals surface area contributed by atoms with Crippen LogP contribution in [-0.2, 0) is 24.2 Å². The topological polar surface area (TPSA) is 59.9 Å². The molecular weight excluding hydrogens is 516 g/mol. The molecule has 0 atom stereocenters. The predicted molar refractivity (Wildman–Crippen MR) is 149 cm³/mol. The quantitative estimate of drug-likeness (QED) is 0.176. The predicted octanol–water partition coefficient (Wildman–Crippen LogP) is 6.84. The van der Waals surface area contributed by atoms with Crippen molar-refractivity contribution in [1.29, 1.82) is 0 Å². The molecule has 0 radical (unpaired) electrons. The molecule has 184 valence electrons. The Morgan fingerprint density at radius 2 is 1.69 bits per heavy atom. The van der Waals surface area contributed by atoms with Gasteiger partial charge in [-0.2, -0.15) is 5.10 Å². The van der Waals surface area contributed by atoms with Crippen molar-refractivity contribution in [1.82, 2.24) is 5.43 Å². The molecule has 4 aromatic carbocycles. The van der Waals surface area contributed by atoms with Crippen LogP contribution in [0.2, 0.25) is 0 Å². The fourth-order valence-corrected chi connectivity index (χ4v) is 4.50. The van der Waals surface area contributed by atoms with Gasteiger partial charge in [-0.15, -0.1) is 0 Å². The average molecular weight is 545 g/mol. The van der Waals surface area contributed by atoms with E-state index in [0.717, 1.165) is 33.0 Å². The Hall–Kier alpha value is -3.64. The summed E-state index contributed by atoms with van der Waals surface area (Å²) < 4.78 is 12.8. The molecule has 0 aliphatic carbocycles. The van der Waals surface area contributed by atoms with Gasteiger partial charge in [0.05, 0.1) is 23.7 Å². The normalized spacial score (nSPS) is 11.1. The number of carbonyl (C=O) groups excluding carboxylic acids is 1. The largest absolute Gasteiger partial charge is 0.490 e. The van der Waals surface area contributed by atoms with Gasteiger partial charge in [-0.25, -0.2) is 5.43 Å². The third-order valence-electron chi connectivity index (χ3n) is 5.78. The molecule has 5 nitrogen and oxygen atoms in total. The molecule has 0 spiro atoms. The molecule has 1 N–H and O–H groups in total. The van der Waals surface area contributed by atoms with Gasteiger partial charge in [0.15, 0.2) is 11.5 Å². The third-order valence-corrected chi connectivity index (χ3v) is 6.37. The average Bonchev–Trinajstić information content (AvgIpc) is 2.89. The summed E-state index contributed by atoms with van der Waals surface area (Å²) in [6, 6.07) is 26.2. The highest BCUT2D eigenvalue weighted by molar-refractivity contribution is 9.10. The van der Waals surface area contributed by atoms with Crippen LogP contribution in [0.1, 0.15) is 36.1 Å². The SMILES string of the molecule is CCOc1cc(/C=N/NC(=O)Cc2ccc(CC)cc2)cc(Br)c1OCc1cccc2ccccc12. The van der Waals surface area contributed by atoms with E-state index in [2.05, 4.69) is 57.6 Å². The molecule has 0 aliphatic heterocycles. The minimum atomic E-state index is -0.172. The number of carbonyl (C=O) groups is 1. The zero-order valence-corrected chi connectivity index (χ0v) is 22.0. The van der Waals surface area contributed by atoms with Gasteiger partial charge >= 0.3 is 0 Å². The molecule has 0 fully saturated rings. The molecular formula is C30H29BrN2O3. The van der Waals surface area contributed by atoms with Crippen LogP contribution < -0.4 is 14.9 Å². The number of aryl methyl sites for hydroxylation is 1. The van der Waals surface area contributed by atoms with Crippen LogP contribution in [0.5, 0.6) is 11.5 Å². The summed E-state index contributed by atoms with van der Waals surface area (Å²) in [5, 5.41) is 6.47. The van der Waals surface area contributed by atoms with Gasteiger partial charge in [-0.1, -0.05) is 73.7 Å². The lowest BCUT2D eigenvalue weighted by Gasteiger charge is -2.15. The minimum Gasteiger partial charge on any atom is -0.490 e. The first-order chi connectivity index (χ1) is 17.6. The van der Waals surface area contributed by atoms with Crippen LogP contribution in [0.3, 0.4) is 0 Å². The van der Waals surface area contributed by atoms with E-state index in [1.165, 1.54) is 10.9 Å². The van der Waals surface area contributed by atoms with Gasteiger partial charge in [0.25, 0.3) is 0 Å². The number of halogens is 1. The van der Waals surface area contributed by atoms with Crippen LogP contribution in [0.25, 0.3) is 10.8 Å². The molecule has 0 aromatic heterocycles. The summed E-state index contributed by atoms with van der Waals surface area (Å²) in [5.74, 6) is 1.06. The number of rotatable bonds is 10.